The van der Waals surface area contributed by atoms with Crippen LogP contribution in [0.3, 0.4) is 0 Å². The van der Waals surface area contributed by atoms with E-state index in [1.54, 1.807) is 13.0 Å². The van der Waals surface area contributed by atoms with E-state index in [9.17, 15) is 13.2 Å². The van der Waals surface area contributed by atoms with Gasteiger partial charge in [-0.2, -0.15) is 13.2 Å². The van der Waals surface area contributed by atoms with Gasteiger partial charge in [0.2, 0.25) is 0 Å². The number of rotatable bonds is 4. The van der Waals surface area contributed by atoms with Crippen molar-refractivity contribution >= 4 is 11.6 Å². The van der Waals surface area contributed by atoms with Gasteiger partial charge in [-0.25, -0.2) is 0 Å². The summed E-state index contributed by atoms with van der Waals surface area (Å²) < 4.78 is 37.5. The monoisotopic (exact) mass is 276 g/mol. The van der Waals surface area contributed by atoms with Gasteiger partial charge in [-0.05, 0) is 61.8 Å². The topological polar surface area (TPSA) is 0 Å². The molecule has 0 bridgehead atoms. The van der Waals surface area contributed by atoms with E-state index in [-0.39, 0.29) is 5.38 Å². The zero-order valence-electron chi connectivity index (χ0n) is 10.2. The fourth-order valence-corrected chi connectivity index (χ4v) is 2.50. The standard InChI is InChI=1S/C14H16ClF3/c1-9-8-12(14(16,17)18)6-4-10(9)5-7-13(15)11-2-3-11/h4,6,8,11,13H,2-3,5,7H2,1H3. The van der Waals surface area contributed by atoms with Crippen molar-refractivity contribution in [2.75, 3.05) is 0 Å². The van der Waals surface area contributed by atoms with Crippen LogP contribution >= 0.6 is 11.6 Å². The van der Waals surface area contributed by atoms with Gasteiger partial charge in [-0.1, -0.05) is 6.07 Å². The van der Waals surface area contributed by atoms with E-state index < -0.39 is 11.7 Å². The smallest absolute Gasteiger partial charge is 0.166 e. The molecule has 1 aromatic carbocycles. The average molecular weight is 277 g/mol. The summed E-state index contributed by atoms with van der Waals surface area (Å²) in [6.45, 7) is 1.73. The molecule has 1 aromatic rings. The summed E-state index contributed by atoms with van der Waals surface area (Å²) in [5, 5.41) is 0.173. The zero-order chi connectivity index (χ0) is 13.3. The Morgan fingerprint density at radius 2 is 2.00 bits per heavy atom. The van der Waals surface area contributed by atoms with Gasteiger partial charge in [0.05, 0.1) is 5.56 Å². The van der Waals surface area contributed by atoms with E-state index in [1.807, 2.05) is 0 Å². The molecular weight excluding hydrogens is 261 g/mol. The first-order valence-corrected chi connectivity index (χ1v) is 6.62. The Bertz CT molecular complexity index is 422. The molecule has 1 aliphatic carbocycles. The van der Waals surface area contributed by atoms with Gasteiger partial charge in [-0.15, -0.1) is 11.6 Å². The average Bonchev–Trinajstić information content (AvgIpc) is 3.09. The molecule has 1 unspecified atom stereocenters. The van der Waals surface area contributed by atoms with Crippen LogP contribution in [0.25, 0.3) is 0 Å². The third kappa shape index (κ3) is 3.41. The van der Waals surface area contributed by atoms with Crippen molar-refractivity contribution in [3.63, 3.8) is 0 Å². The van der Waals surface area contributed by atoms with Crippen molar-refractivity contribution in [1.29, 1.82) is 0 Å². The first-order chi connectivity index (χ1) is 8.38. The highest BCUT2D eigenvalue weighted by molar-refractivity contribution is 6.20. The predicted octanol–water partition coefficient (Wildman–Crippen LogP) is 4.96. The molecule has 0 aliphatic heterocycles. The molecule has 2 rings (SSSR count). The van der Waals surface area contributed by atoms with Crippen molar-refractivity contribution in [2.24, 2.45) is 5.92 Å². The quantitative estimate of drug-likeness (QED) is 0.682. The van der Waals surface area contributed by atoms with Gasteiger partial charge in [0.25, 0.3) is 0 Å². The number of aryl methyl sites for hydroxylation is 2. The van der Waals surface area contributed by atoms with E-state index >= 15 is 0 Å². The molecule has 0 saturated heterocycles. The third-order valence-electron chi connectivity index (χ3n) is 3.49. The van der Waals surface area contributed by atoms with E-state index in [4.69, 9.17) is 11.6 Å². The summed E-state index contributed by atoms with van der Waals surface area (Å²) in [4.78, 5) is 0. The molecule has 0 radical (unpaired) electrons. The maximum Gasteiger partial charge on any atom is 0.416 e. The fraction of sp³-hybridized carbons (Fsp3) is 0.571. The lowest BCUT2D eigenvalue weighted by molar-refractivity contribution is -0.137. The SMILES string of the molecule is Cc1cc(C(F)(F)F)ccc1CCC(Cl)C1CC1. The molecule has 0 nitrogen and oxygen atoms in total. The van der Waals surface area contributed by atoms with E-state index in [0.717, 1.165) is 24.5 Å². The number of benzene rings is 1. The largest absolute Gasteiger partial charge is 0.416 e. The summed E-state index contributed by atoms with van der Waals surface area (Å²) in [7, 11) is 0. The first-order valence-electron chi connectivity index (χ1n) is 6.18. The highest BCUT2D eigenvalue weighted by atomic mass is 35.5. The molecule has 0 N–H and O–H groups in total. The summed E-state index contributed by atoms with van der Waals surface area (Å²) >= 11 is 6.20. The molecule has 1 aliphatic rings. The van der Waals surface area contributed by atoms with Crippen LogP contribution in [0.5, 0.6) is 0 Å². The number of hydrogen-bond acceptors (Lipinski definition) is 0. The minimum absolute atomic E-state index is 0.173. The second kappa shape index (κ2) is 5.12. The second-order valence-corrected chi connectivity index (χ2v) is 5.59. The Balaban J connectivity index is 2.00. The van der Waals surface area contributed by atoms with Crippen LogP contribution in [0.15, 0.2) is 18.2 Å². The molecule has 0 amide bonds. The van der Waals surface area contributed by atoms with Crippen molar-refractivity contribution in [1.82, 2.24) is 0 Å². The highest BCUT2D eigenvalue weighted by Crippen LogP contribution is 2.38. The van der Waals surface area contributed by atoms with Crippen LogP contribution in [-0.2, 0) is 12.6 Å². The Labute approximate surface area is 110 Å². The van der Waals surface area contributed by atoms with Crippen molar-refractivity contribution in [3.05, 3.63) is 34.9 Å². The zero-order valence-corrected chi connectivity index (χ0v) is 11.0. The van der Waals surface area contributed by atoms with E-state index in [1.165, 1.54) is 18.9 Å². The van der Waals surface area contributed by atoms with Crippen LogP contribution in [0, 0.1) is 12.8 Å². The fourth-order valence-electron chi connectivity index (χ4n) is 2.14. The number of alkyl halides is 4. The van der Waals surface area contributed by atoms with E-state index in [0.29, 0.717) is 11.5 Å². The Morgan fingerprint density at radius 3 is 2.50 bits per heavy atom. The Morgan fingerprint density at radius 1 is 1.33 bits per heavy atom. The molecule has 0 aromatic heterocycles. The van der Waals surface area contributed by atoms with Crippen molar-refractivity contribution in [2.45, 2.75) is 44.2 Å². The van der Waals surface area contributed by atoms with E-state index in [2.05, 4.69) is 0 Å². The lowest BCUT2D eigenvalue weighted by Crippen LogP contribution is -2.07. The summed E-state index contributed by atoms with van der Waals surface area (Å²) in [6.07, 6.45) is -0.264. The van der Waals surface area contributed by atoms with Gasteiger partial charge >= 0.3 is 6.18 Å². The minimum Gasteiger partial charge on any atom is -0.166 e. The summed E-state index contributed by atoms with van der Waals surface area (Å²) in [5.74, 6) is 0.626. The maximum atomic E-state index is 12.5. The highest BCUT2D eigenvalue weighted by Gasteiger charge is 2.31. The van der Waals surface area contributed by atoms with Crippen LogP contribution < -0.4 is 0 Å². The first kappa shape index (κ1) is 13.7. The van der Waals surface area contributed by atoms with Crippen LogP contribution in [0.1, 0.15) is 36.0 Å². The Hall–Kier alpha value is -0.700. The van der Waals surface area contributed by atoms with Crippen molar-refractivity contribution < 1.29 is 13.2 Å². The summed E-state index contributed by atoms with van der Waals surface area (Å²) in [6, 6.07) is 3.95. The lowest BCUT2D eigenvalue weighted by Gasteiger charge is -2.12. The van der Waals surface area contributed by atoms with Gasteiger partial charge in [0.15, 0.2) is 0 Å². The van der Waals surface area contributed by atoms with Crippen LogP contribution in [0.2, 0.25) is 0 Å². The van der Waals surface area contributed by atoms with Gasteiger partial charge in [-0.3, -0.25) is 0 Å². The summed E-state index contributed by atoms with van der Waals surface area (Å²) in [5.41, 5.74) is 1.09. The Kier molecular flexibility index (Phi) is 3.90. The second-order valence-electron chi connectivity index (χ2n) is 5.03. The molecule has 4 heteroatoms. The molecule has 1 saturated carbocycles. The predicted molar refractivity (Wildman–Crippen MR) is 66.9 cm³/mol. The van der Waals surface area contributed by atoms with Gasteiger partial charge < -0.3 is 0 Å². The maximum absolute atomic E-state index is 12.5. The number of halogens is 4. The molecule has 1 fully saturated rings. The third-order valence-corrected chi connectivity index (χ3v) is 4.07. The molecular formula is C14H16ClF3. The molecule has 18 heavy (non-hydrogen) atoms. The molecule has 1 atom stereocenters. The minimum atomic E-state index is -4.26. The molecule has 100 valence electrons. The van der Waals surface area contributed by atoms with Crippen LogP contribution in [0.4, 0.5) is 13.2 Å². The van der Waals surface area contributed by atoms with Crippen molar-refractivity contribution in [3.8, 4) is 0 Å². The molecule has 0 heterocycles. The lowest BCUT2D eigenvalue weighted by atomic mass is 9.99. The van der Waals surface area contributed by atoms with Gasteiger partial charge in [0, 0.05) is 5.38 Å². The normalized spacial score (nSPS) is 17.8. The number of hydrogen-bond donors (Lipinski definition) is 0. The molecule has 0 spiro atoms. The van der Waals surface area contributed by atoms with Gasteiger partial charge in [0.1, 0.15) is 0 Å². The van der Waals surface area contributed by atoms with Crippen LogP contribution in [-0.4, -0.2) is 5.38 Å².